The summed E-state index contributed by atoms with van der Waals surface area (Å²) >= 11 is 0. The summed E-state index contributed by atoms with van der Waals surface area (Å²) in [6.45, 7) is 6.15. The van der Waals surface area contributed by atoms with Gasteiger partial charge in [0.05, 0.1) is 4.92 Å². The second kappa shape index (κ2) is 7.16. The second-order valence-corrected chi connectivity index (χ2v) is 5.19. The molecule has 0 aromatic carbocycles. The van der Waals surface area contributed by atoms with Crippen molar-refractivity contribution in [2.24, 2.45) is 5.92 Å². The second-order valence-electron chi connectivity index (χ2n) is 5.19. The zero-order chi connectivity index (χ0) is 15.2. The molecule has 2 N–H and O–H groups in total. The lowest BCUT2D eigenvalue weighted by atomic mass is 9.97. The standard InChI is InChI=1S/C13H22N6O2/c1-3-18-6-4-10(5-7-18)8-15-12-11(19(20)21)9-16-13(14-2)17-12/h9-10H,3-8H2,1-2H3,(H2,14,15,16,17). The number of nitrogens with one attached hydrogen (secondary N) is 2. The fraction of sp³-hybridized carbons (Fsp3) is 0.692. The van der Waals surface area contributed by atoms with Crippen LogP contribution in [0.25, 0.3) is 0 Å². The zero-order valence-electron chi connectivity index (χ0n) is 12.5. The number of anilines is 2. The summed E-state index contributed by atoms with van der Waals surface area (Å²) in [5, 5.41) is 16.9. The maximum absolute atomic E-state index is 11.0. The van der Waals surface area contributed by atoms with Crippen LogP contribution in [-0.2, 0) is 0 Å². The average molecular weight is 294 g/mol. The molecule has 116 valence electrons. The third kappa shape index (κ3) is 4.01. The van der Waals surface area contributed by atoms with Gasteiger partial charge in [0.15, 0.2) is 0 Å². The number of piperidine rings is 1. The molecule has 0 aliphatic carbocycles. The number of aromatic nitrogens is 2. The van der Waals surface area contributed by atoms with Crippen molar-refractivity contribution in [3.05, 3.63) is 16.3 Å². The minimum Gasteiger partial charge on any atom is -0.364 e. The molecule has 0 bridgehead atoms. The highest BCUT2D eigenvalue weighted by Gasteiger charge is 2.21. The first-order valence-electron chi connectivity index (χ1n) is 7.29. The Morgan fingerprint density at radius 2 is 2.19 bits per heavy atom. The fourth-order valence-electron chi connectivity index (χ4n) is 2.51. The normalized spacial score (nSPS) is 16.7. The molecule has 0 amide bonds. The van der Waals surface area contributed by atoms with Gasteiger partial charge in [0.25, 0.3) is 0 Å². The Bertz CT molecular complexity index is 488. The van der Waals surface area contributed by atoms with Gasteiger partial charge >= 0.3 is 5.69 Å². The molecule has 1 aromatic heterocycles. The largest absolute Gasteiger partial charge is 0.364 e. The number of hydrogen-bond donors (Lipinski definition) is 2. The Morgan fingerprint density at radius 1 is 1.48 bits per heavy atom. The third-order valence-corrected chi connectivity index (χ3v) is 3.90. The molecule has 1 aliphatic rings. The maximum Gasteiger partial charge on any atom is 0.329 e. The molecule has 1 aromatic rings. The van der Waals surface area contributed by atoms with Crippen LogP contribution in [0.2, 0.25) is 0 Å². The number of likely N-dealkylation sites (tertiary alicyclic amines) is 1. The summed E-state index contributed by atoms with van der Waals surface area (Å²) in [5.41, 5.74) is -0.0833. The topological polar surface area (TPSA) is 96.2 Å². The molecular weight excluding hydrogens is 272 g/mol. The molecule has 1 aliphatic heterocycles. The molecule has 2 rings (SSSR count). The van der Waals surface area contributed by atoms with Gasteiger partial charge < -0.3 is 15.5 Å². The molecule has 8 heteroatoms. The predicted molar refractivity (Wildman–Crippen MR) is 81.6 cm³/mol. The van der Waals surface area contributed by atoms with Crippen LogP contribution in [0.15, 0.2) is 6.20 Å². The van der Waals surface area contributed by atoms with Gasteiger partial charge in [0.2, 0.25) is 11.8 Å². The van der Waals surface area contributed by atoms with E-state index in [1.807, 2.05) is 0 Å². The highest BCUT2D eigenvalue weighted by Crippen LogP contribution is 2.24. The lowest BCUT2D eigenvalue weighted by Gasteiger charge is -2.31. The van der Waals surface area contributed by atoms with E-state index >= 15 is 0 Å². The van der Waals surface area contributed by atoms with E-state index in [0.717, 1.165) is 32.5 Å². The molecule has 0 radical (unpaired) electrons. The third-order valence-electron chi connectivity index (χ3n) is 3.90. The Morgan fingerprint density at radius 3 is 2.76 bits per heavy atom. The minimum absolute atomic E-state index is 0.0833. The molecular formula is C13H22N6O2. The monoisotopic (exact) mass is 294 g/mol. The summed E-state index contributed by atoms with van der Waals surface area (Å²) in [6.07, 6.45) is 3.46. The first-order valence-corrected chi connectivity index (χ1v) is 7.29. The SMILES string of the molecule is CCN1CCC(CNc2nc(NC)ncc2[N+](=O)[O-])CC1. The molecule has 0 atom stereocenters. The van der Waals surface area contributed by atoms with Gasteiger partial charge in [0, 0.05) is 13.6 Å². The van der Waals surface area contributed by atoms with Crippen molar-refractivity contribution in [3.8, 4) is 0 Å². The van der Waals surface area contributed by atoms with Gasteiger partial charge in [-0.05, 0) is 38.4 Å². The van der Waals surface area contributed by atoms with E-state index < -0.39 is 4.92 Å². The van der Waals surface area contributed by atoms with Gasteiger partial charge in [-0.2, -0.15) is 4.98 Å². The van der Waals surface area contributed by atoms with Crippen molar-refractivity contribution in [1.29, 1.82) is 0 Å². The molecule has 0 saturated carbocycles. The van der Waals surface area contributed by atoms with Crippen LogP contribution in [0.1, 0.15) is 19.8 Å². The average Bonchev–Trinajstić information content (AvgIpc) is 2.52. The Hall–Kier alpha value is -1.96. The lowest BCUT2D eigenvalue weighted by Crippen LogP contribution is -2.35. The van der Waals surface area contributed by atoms with Crippen molar-refractivity contribution >= 4 is 17.5 Å². The minimum atomic E-state index is -0.457. The van der Waals surface area contributed by atoms with Crippen LogP contribution in [0, 0.1) is 16.0 Å². The van der Waals surface area contributed by atoms with Crippen molar-refractivity contribution < 1.29 is 4.92 Å². The van der Waals surface area contributed by atoms with Crippen LogP contribution < -0.4 is 10.6 Å². The van der Waals surface area contributed by atoms with Crippen molar-refractivity contribution in [1.82, 2.24) is 14.9 Å². The number of nitrogens with zero attached hydrogens (tertiary/aromatic N) is 4. The van der Waals surface area contributed by atoms with Crippen LogP contribution >= 0.6 is 0 Å². The highest BCUT2D eigenvalue weighted by molar-refractivity contribution is 5.56. The maximum atomic E-state index is 11.0. The summed E-state index contributed by atoms with van der Waals surface area (Å²) in [7, 11) is 1.69. The van der Waals surface area contributed by atoms with Crippen molar-refractivity contribution in [3.63, 3.8) is 0 Å². The van der Waals surface area contributed by atoms with E-state index in [9.17, 15) is 10.1 Å². The molecule has 1 fully saturated rings. The van der Waals surface area contributed by atoms with Gasteiger partial charge in [-0.3, -0.25) is 10.1 Å². The van der Waals surface area contributed by atoms with Gasteiger partial charge in [-0.15, -0.1) is 0 Å². The quantitative estimate of drug-likeness (QED) is 0.607. The predicted octanol–water partition coefficient (Wildman–Crippen LogP) is 1.57. The number of rotatable bonds is 6. The summed E-state index contributed by atoms with van der Waals surface area (Å²) in [4.78, 5) is 21.0. The van der Waals surface area contributed by atoms with E-state index in [0.29, 0.717) is 18.4 Å². The first-order chi connectivity index (χ1) is 10.1. The molecule has 21 heavy (non-hydrogen) atoms. The van der Waals surface area contributed by atoms with Gasteiger partial charge in [-0.25, -0.2) is 4.98 Å². The van der Waals surface area contributed by atoms with Crippen LogP contribution in [0.3, 0.4) is 0 Å². The van der Waals surface area contributed by atoms with Gasteiger partial charge in [0.1, 0.15) is 6.20 Å². The summed E-state index contributed by atoms with van der Waals surface area (Å²) in [6, 6.07) is 0. The Balaban J connectivity index is 1.97. The first kappa shape index (κ1) is 15.4. The summed E-state index contributed by atoms with van der Waals surface area (Å²) in [5.74, 6) is 1.20. The van der Waals surface area contributed by atoms with Crippen molar-refractivity contribution in [2.75, 3.05) is 43.9 Å². The van der Waals surface area contributed by atoms with Crippen LogP contribution in [-0.4, -0.2) is 53.0 Å². The number of hydrogen-bond acceptors (Lipinski definition) is 7. The van der Waals surface area contributed by atoms with E-state index in [1.165, 1.54) is 6.20 Å². The summed E-state index contributed by atoms with van der Waals surface area (Å²) < 4.78 is 0. The smallest absolute Gasteiger partial charge is 0.329 e. The van der Waals surface area contributed by atoms with Gasteiger partial charge in [-0.1, -0.05) is 6.92 Å². The highest BCUT2D eigenvalue weighted by atomic mass is 16.6. The van der Waals surface area contributed by atoms with E-state index in [4.69, 9.17) is 0 Å². The van der Waals surface area contributed by atoms with Crippen LogP contribution in [0.4, 0.5) is 17.5 Å². The molecule has 0 unspecified atom stereocenters. The lowest BCUT2D eigenvalue weighted by molar-refractivity contribution is -0.384. The van der Waals surface area contributed by atoms with E-state index in [2.05, 4.69) is 32.4 Å². The fourth-order valence-corrected chi connectivity index (χ4v) is 2.51. The molecule has 0 spiro atoms. The molecule has 1 saturated heterocycles. The van der Waals surface area contributed by atoms with E-state index in [1.54, 1.807) is 7.05 Å². The van der Waals surface area contributed by atoms with Crippen LogP contribution in [0.5, 0.6) is 0 Å². The Kier molecular flexibility index (Phi) is 5.26. The van der Waals surface area contributed by atoms with E-state index in [-0.39, 0.29) is 11.5 Å². The number of nitro groups is 1. The van der Waals surface area contributed by atoms with Crippen molar-refractivity contribution in [2.45, 2.75) is 19.8 Å². The molecule has 2 heterocycles. The Labute approximate surface area is 124 Å². The zero-order valence-corrected chi connectivity index (χ0v) is 12.5. The molecule has 8 nitrogen and oxygen atoms in total.